The number of H-pyrrole nitrogens is 1. The molecule has 1 aliphatic heterocycles. The summed E-state index contributed by atoms with van der Waals surface area (Å²) in [5.41, 5.74) is 0.452. The number of β-amino-alcohol motifs (C(OH)–C–C–N with tert-alkyl or cyclic N) is 1. The van der Waals surface area contributed by atoms with Crippen molar-refractivity contribution in [3.8, 4) is 0 Å². The monoisotopic (exact) mass is 181 g/mol. The van der Waals surface area contributed by atoms with Crippen LogP contribution < -0.4 is 10.6 Å². The summed E-state index contributed by atoms with van der Waals surface area (Å²) in [4.78, 5) is 19.2. The summed E-state index contributed by atoms with van der Waals surface area (Å²) in [5, 5.41) is 9.06. The Bertz CT molecular complexity index is 368. The maximum atomic E-state index is 11.0. The number of aliphatic hydroxyl groups excluding tert-OH is 1. The Kier molecular flexibility index (Phi) is 1.81. The third kappa shape index (κ3) is 1.55. The zero-order chi connectivity index (χ0) is 9.42. The van der Waals surface area contributed by atoms with Crippen LogP contribution in [0.5, 0.6) is 0 Å². The van der Waals surface area contributed by atoms with E-state index >= 15 is 0 Å². The molecule has 70 valence electrons. The number of rotatable bonds is 1. The molecule has 0 saturated carbocycles. The molecule has 0 radical (unpaired) electrons. The second kappa shape index (κ2) is 2.85. The van der Waals surface area contributed by atoms with Gasteiger partial charge in [0.2, 0.25) is 0 Å². The zero-order valence-corrected chi connectivity index (χ0v) is 7.32. The molecule has 0 aliphatic carbocycles. The quantitative estimate of drug-likeness (QED) is 0.598. The number of hydrogen-bond acceptors (Lipinski definition) is 4. The van der Waals surface area contributed by atoms with Gasteiger partial charge in [0.25, 0.3) is 0 Å². The predicted octanol–water partition coefficient (Wildman–Crippen LogP) is -0.741. The second-order valence-electron chi connectivity index (χ2n) is 3.29. The van der Waals surface area contributed by atoms with Crippen molar-refractivity contribution in [2.75, 3.05) is 18.0 Å². The van der Waals surface area contributed by atoms with Crippen LogP contribution >= 0.6 is 0 Å². The van der Waals surface area contributed by atoms with Gasteiger partial charge in [-0.25, -0.2) is 4.79 Å². The number of aliphatic hydroxyl groups is 1. The highest BCUT2D eigenvalue weighted by molar-refractivity contribution is 5.42. The van der Waals surface area contributed by atoms with Gasteiger partial charge in [0.1, 0.15) is 5.82 Å². The fraction of sp³-hybridized carbons (Fsp3) is 0.500. The minimum atomic E-state index is -0.337. The number of aryl methyl sites for hydroxylation is 1. The maximum absolute atomic E-state index is 11.0. The van der Waals surface area contributed by atoms with Crippen LogP contribution in [0.25, 0.3) is 0 Å². The number of nitrogens with zero attached hydrogens (tertiary/aromatic N) is 2. The van der Waals surface area contributed by atoms with Crippen LogP contribution in [0.1, 0.15) is 5.69 Å². The normalized spacial score (nSPS) is 17.2. The first-order valence-corrected chi connectivity index (χ1v) is 4.16. The zero-order valence-electron chi connectivity index (χ0n) is 7.32. The Labute approximate surface area is 75.0 Å². The SMILES string of the molecule is Cc1cc(N2CC(O)C2)nc(=O)[nH]1. The molecule has 2 N–H and O–H groups in total. The summed E-state index contributed by atoms with van der Waals surface area (Å²) < 4.78 is 0. The fourth-order valence-corrected chi connectivity index (χ4v) is 1.37. The Morgan fingerprint density at radius 1 is 1.69 bits per heavy atom. The summed E-state index contributed by atoms with van der Waals surface area (Å²) >= 11 is 0. The van der Waals surface area contributed by atoms with E-state index in [-0.39, 0.29) is 11.8 Å². The van der Waals surface area contributed by atoms with Gasteiger partial charge >= 0.3 is 5.69 Å². The first-order valence-electron chi connectivity index (χ1n) is 4.16. The molecule has 0 bridgehead atoms. The molecule has 0 atom stereocenters. The van der Waals surface area contributed by atoms with Gasteiger partial charge in [-0.2, -0.15) is 4.98 Å². The summed E-state index contributed by atoms with van der Waals surface area (Å²) in [7, 11) is 0. The molecule has 0 spiro atoms. The molecule has 1 saturated heterocycles. The van der Waals surface area contributed by atoms with E-state index in [0.29, 0.717) is 18.9 Å². The lowest BCUT2D eigenvalue weighted by atomic mass is 10.2. The van der Waals surface area contributed by atoms with Crippen molar-refractivity contribution in [3.05, 3.63) is 22.2 Å². The van der Waals surface area contributed by atoms with Crippen molar-refractivity contribution in [2.24, 2.45) is 0 Å². The average Bonchev–Trinajstić information content (AvgIpc) is 1.96. The highest BCUT2D eigenvalue weighted by Gasteiger charge is 2.25. The summed E-state index contributed by atoms with van der Waals surface area (Å²) in [6, 6.07) is 1.80. The third-order valence-electron chi connectivity index (χ3n) is 2.05. The van der Waals surface area contributed by atoms with Crippen LogP contribution in [0.2, 0.25) is 0 Å². The van der Waals surface area contributed by atoms with Gasteiger partial charge in [-0.05, 0) is 13.0 Å². The predicted molar refractivity (Wildman–Crippen MR) is 47.8 cm³/mol. The molecule has 0 aromatic carbocycles. The number of hydrogen-bond donors (Lipinski definition) is 2. The largest absolute Gasteiger partial charge is 0.389 e. The molecule has 0 amide bonds. The molecule has 1 aliphatic rings. The van der Waals surface area contributed by atoms with Crippen molar-refractivity contribution in [1.82, 2.24) is 9.97 Å². The molecular formula is C8H11N3O2. The van der Waals surface area contributed by atoms with E-state index < -0.39 is 0 Å². The molecule has 1 fully saturated rings. The van der Waals surface area contributed by atoms with E-state index in [1.807, 2.05) is 11.8 Å². The summed E-state index contributed by atoms with van der Waals surface area (Å²) in [6.07, 6.45) is -0.276. The van der Waals surface area contributed by atoms with Crippen molar-refractivity contribution in [1.29, 1.82) is 0 Å². The first kappa shape index (κ1) is 8.25. The van der Waals surface area contributed by atoms with Gasteiger partial charge in [-0.1, -0.05) is 0 Å². The number of nitrogens with one attached hydrogen (secondary N) is 1. The van der Waals surface area contributed by atoms with Gasteiger partial charge < -0.3 is 15.0 Å². The smallest absolute Gasteiger partial charge is 0.347 e. The highest BCUT2D eigenvalue weighted by Crippen LogP contribution is 2.16. The molecule has 13 heavy (non-hydrogen) atoms. The van der Waals surface area contributed by atoms with Crippen molar-refractivity contribution in [3.63, 3.8) is 0 Å². The highest BCUT2D eigenvalue weighted by atomic mass is 16.3. The molecule has 1 aromatic heterocycles. The minimum Gasteiger partial charge on any atom is -0.389 e. The van der Waals surface area contributed by atoms with Gasteiger partial charge in [-0.15, -0.1) is 0 Å². The van der Waals surface area contributed by atoms with E-state index in [2.05, 4.69) is 9.97 Å². The fourth-order valence-electron chi connectivity index (χ4n) is 1.37. The van der Waals surface area contributed by atoms with Crippen LogP contribution in [0.3, 0.4) is 0 Å². The molecular weight excluding hydrogens is 170 g/mol. The molecule has 5 heteroatoms. The molecule has 0 unspecified atom stereocenters. The van der Waals surface area contributed by atoms with Crippen molar-refractivity contribution in [2.45, 2.75) is 13.0 Å². The lowest BCUT2D eigenvalue weighted by Crippen LogP contribution is -2.51. The number of aromatic amines is 1. The van der Waals surface area contributed by atoms with Gasteiger partial charge in [0.15, 0.2) is 0 Å². The lowest BCUT2D eigenvalue weighted by Gasteiger charge is -2.36. The molecule has 5 nitrogen and oxygen atoms in total. The van der Waals surface area contributed by atoms with Crippen LogP contribution in [0, 0.1) is 6.92 Å². The van der Waals surface area contributed by atoms with E-state index in [1.54, 1.807) is 6.07 Å². The Balaban J connectivity index is 2.26. The maximum Gasteiger partial charge on any atom is 0.347 e. The van der Waals surface area contributed by atoms with Crippen LogP contribution in [-0.4, -0.2) is 34.3 Å². The third-order valence-corrected chi connectivity index (χ3v) is 2.05. The minimum absolute atomic E-state index is 0.276. The van der Waals surface area contributed by atoms with E-state index in [0.717, 1.165) is 5.69 Å². The molecule has 1 aromatic rings. The Hall–Kier alpha value is -1.36. The van der Waals surface area contributed by atoms with E-state index in [9.17, 15) is 4.79 Å². The van der Waals surface area contributed by atoms with Crippen LogP contribution in [-0.2, 0) is 0 Å². The number of anilines is 1. The number of aromatic nitrogens is 2. The summed E-state index contributed by atoms with van der Waals surface area (Å²) in [6.45, 7) is 2.94. The first-order chi connectivity index (χ1) is 6.15. The molecule has 2 heterocycles. The Morgan fingerprint density at radius 2 is 2.38 bits per heavy atom. The van der Waals surface area contributed by atoms with Gasteiger partial charge in [0.05, 0.1) is 6.10 Å². The van der Waals surface area contributed by atoms with E-state index in [4.69, 9.17) is 5.11 Å². The van der Waals surface area contributed by atoms with Crippen molar-refractivity contribution < 1.29 is 5.11 Å². The van der Waals surface area contributed by atoms with Crippen LogP contribution in [0.15, 0.2) is 10.9 Å². The standard InChI is InChI=1S/C8H11N3O2/c1-5-2-7(10-8(13)9-5)11-3-6(12)4-11/h2,6,12H,3-4H2,1H3,(H,9,10,13). The lowest BCUT2D eigenvalue weighted by molar-refractivity contribution is 0.141. The van der Waals surface area contributed by atoms with Gasteiger partial charge in [-0.3, -0.25) is 0 Å². The van der Waals surface area contributed by atoms with Gasteiger partial charge in [0, 0.05) is 18.8 Å². The van der Waals surface area contributed by atoms with Crippen molar-refractivity contribution >= 4 is 5.82 Å². The van der Waals surface area contributed by atoms with Crippen LogP contribution in [0.4, 0.5) is 5.82 Å². The second-order valence-corrected chi connectivity index (χ2v) is 3.29. The topological polar surface area (TPSA) is 69.2 Å². The Morgan fingerprint density at radius 3 is 2.92 bits per heavy atom. The van der Waals surface area contributed by atoms with E-state index in [1.165, 1.54) is 0 Å². The molecule has 2 rings (SSSR count). The summed E-state index contributed by atoms with van der Waals surface area (Å²) in [5.74, 6) is 0.645. The average molecular weight is 181 g/mol.